The fourth-order valence-corrected chi connectivity index (χ4v) is 2.31. The second kappa shape index (κ2) is 8.12. The van der Waals surface area contributed by atoms with Gasteiger partial charge in [0.1, 0.15) is 12.5 Å². The molecule has 0 bridgehead atoms. The number of phenolic OH excluding ortho intramolecular Hbond substituents is 1. The Kier molecular flexibility index (Phi) is 5.43. The van der Waals surface area contributed by atoms with Crippen LogP contribution in [0.2, 0.25) is 0 Å². The van der Waals surface area contributed by atoms with E-state index >= 15 is 0 Å². The minimum atomic E-state index is 0.150. The van der Waals surface area contributed by atoms with Crippen LogP contribution in [-0.4, -0.2) is 21.8 Å². The van der Waals surface area contributed by atoms with Crippen molar-refractivity contribution in [1.82, 2.24) is 9.97 Å². The highest BCUT2D eigenvalue weighted by atomic mass is 16.5. The van der Waals surface area contributed by atoms with Crippen LogP contribution in [0.1, 0.15) is 11.4 Å². The van der Waals surface area contributed by atoms with Crippen LogP contribution in [-0.2, 0) is 11.3 Å². The van der Waals surface area contributed by atoms with E-state index in [-0.39, 0.29) is 5.75 Å². The molecule has 6 nitrogen and oxygen atoms in total. The van der Waals surface area contributed by atoms with E-state index in [9.17, 15) is 5.11 Å². The lowest BCUT2D eigenvalue weighted by molar-refractivity contribution is 0.136. The largest absolute Gasteiger partial charge is 0.506 e. The number of ether oxygens (including phenoxy) is 1. The summed E-state index contributed by atoms with van der Waals surface area (Å²) >= 11 is 0. The highest BCUT2D eigenvalue weighted by Crippen LogP contribution is 2.24. The van der Waals surface area contributed by atoms with Gasteiger partial charge in [-0.2, -0.15) is 0 Å². The van der Waals surface area contributed by atoms with Crippen molar-refractivity contribution in [3.8, 4) is 5.75 Å². The first-order chi connectivity index (χ1) is 12.2. The number of aromatic hydroxyl groups is 1. The van der Waals surface area contributed by atoms with Crippen molar-refractivity contribution in [3.05, 3.63) is 72.1 Å². The molecule has 3 aromatic rings. The van der Waals surface area contributed by atoms with Crippen molar-refractivity contribution in [2.75, 3.05) is 17.4 Å². The van der Waals surface area contributed by atoms with E-state index in [1.54, 1.807) is 18.2 Å². The van der Waals surface area contributed by atoms with E-state index in [0.717, 1.165) is 17.1 Å². The Morgan fingerprint density at radius 1 is 1.00 bits per heavy atom. The predicted molar refractivity (Wildman–Crippen MR) is 97.9 cm³/mol. The predicted octanol–water partition coefficient (Wildman–Crippen LogP) is 3.82. The lowest BCUT2D eigenvalue weighted by Crippen LogP contribution is -2.08. The van der Waals surface area contributed by atoms with E-state index in [0.29, 0.717) is 25.0 Å². The number of anilines is 3. The molecule has 0 aliphatic heterocycles. The van der Waals surface area contributed by atoms with Crippen molar-refractivity contribution in [1.29, 1.82) is 0 Å². The van der Waals surface area contributed by atoms with Crippen LogP contribution in [0.5, 0.6) is 5.75 Å². The van der Waals surface area contributed by atoms with Crippen LogP contribution < -0.4 is 10.6 Å². The number of phenols is 1. The number of para-hydroxylation sites is 3. The highest BCUT2D eigenvalue weighted by Gasteiger charge is 2.06. The topological polar surface area (TPSA) is 79.3 Å². The number of nitrogens with zero attached hydrogens (tertiary/aromatic N) is 2. The second-order valence-corrected chi connectivity index (χ2v) is 5.50. The molecular formula is C19H20N4O2. The Morgan fingerprint density at radius 3 is 2.56 bits per heavy atom. The van der Waals surface area contributed by atoms with Gasteiger partial charge in [-0.1, -0.05) is 30.3 Å². The molecule has 0 aliphatic carbocycles. The average Bonchev–Trinajstić information content (AvgIpc) is 2.61. The van der Waals surface area contributed by atoms with Crippen LogP contribution in [0.25, 0.3) is 0 Å². The summed E-state index contributed by atoms with van der Waals surface area (Å²) in [6.07, 6.45) is 0. The Balaban J connectivity index is 1.59. The van der Waals surface area contributed by atoms with Gasteiger partial charge >= 0.3 is 0 Å². The molecule has 0 fully saturated rings. The molecule has 25 heavy (non-hydrogen) atoms. The lowest BCUT2D eigenvalue weighted by Gasteiger charge is -2.10. The lowest BCUT2D eigenvalue weighted by atomic mass is 10.3. The molecular weight excluding hydrogens is 316 g/mol. The van der Waals surface area contributed by atoms with Gasteiger partial charge in [0.05, 0.1) is 18.0 Å². The molecule has 0 aliphatic rings. The Bertz CT molecular complexity index is 825. The van der Waals surface area contributed by atoms with Crippen LogP contribution >= 0.6 is 0 Å². The van der Waals surface area contributed by atoms with Crippen LogP contribution in [0.4, 0.5) is 17.3 Å². The summed E-state index contributed by atoms with van der Waals surface area (Å²) < 4.78 is 5.63. The summed E-state index contributed by atoms with van der Waals surface area (Å²) in [5, 5.41) is 16.0. The Labute approximate surface area is 146 Å². The van der Waals surface area contributed by atoms with Gasteiger partial charge in [-0.3, -0.25) is 0 Å². The summed E-state index contributed by atoms with van der Waals surface area (Å²) in [5.41, 5.74) is 3.15. The summed E-state index contributed by atoms with van der Waals surface area (Å²) in [4.78, 5) is 8.77. The molecule has 0 atom stereocenters. The third-order valence-electron chi connectivity index (χ3n) is 3.46. The maximum atomic E-state index is 9.84. The molecule has 0 saturated heterocycles. The van der Waals surface area contributed by atoms with Gasteiger partial charge < -0.3 is 20.5 Å². The van der Waals surface area contributed by atoms with Gasteiger partial charge in [-0.25, -0.2) is 9.97 Å². The number of benzene rings is 2. The molecule has 0 saturated carbocycles. The summed E-state index contributed by atoms with van der Waals surface area (Å²) in [5.74, 6) is 0.577. The monoisotopic (exact) mass is 336 g/mol. The van der Waals surface area contributed by atoms with E-state index in [4.69, 9.17) is 4.74 Å². The van der Waals surface area contributed by atoms with Gasteiger partial charge in [0.25, 0.3) is 0 Å². The number of nitrogens with one attached hydrogen (secondary N) is 2. The quantitative estimate of drug-likeness (QED) is 0.346. The highest BCUT2D eigenvalue weighted by molar-refractivity contribution is 5.61. The van der Waals surface area contributed by atoms with Crippen LogP contribution in [0, 0.1) is 6.92 Å². The summed E-state index contributed by atoms with van der Waals surface area (Å²) in [7, 11) is 0. The SMILES string of the molecule is Cc1cc(COCNc2ccccc2)nc(Nc2ccccc2O)n1. The molecule has 3 rings (SSSR count). The van der Waals surface area contributed by atoms with E-state index < -0.39 is 0 Å². The zero-order chi connectivity index (χ0) is 17.5. The van der Waals surface area contributed by atoms with Crippen molar-refractivity contribution < 1.29 is 9.84 Å². The number of rotatable bonds is 7. The molecule has 0 spiro atoms. The smallest absolute Gasteiger partial charge is 0.227 e. The first kappa shape index (κ1) is 16.7. The molecule has 0 unspecified atom stereocenters. The van der Waals surface area contributed by atoms with Gasteiger partial charge in [0.15, 0.2) is 0 Å². The molecule has 3 N–H and O–H groups in total. The number of hydrogen-bond donors (Lipinski definition) is 3. The maximum absolute atomic E-state index is 9.84. The number of aryl methyl sites for hydroxylation is 1. The first-order valence-electron chi connectivity index (χ1n) is 7.97. The zero-order valence-corrected chi connectivity index (χ0v) is 13.9. The van der Waals surface area contributed by atoms with Crippen molar-refractivity contribution in [2.24, 2.45) is 0 Å². The Hall–Kier alpha value is -3.12. The molecule has 6 heteroatoms. The number of hydrogen-bond acceptors (Lipinski definition) is 6. The third-order valence-corrected chi connectivity index (χ3v) is 3.46. The van der Waals surface area contributed by atoms with Gasteiger partial charge in [0.2, 0.25) is 5.95 Å². The first-order valence-corrected chi connectivity index (χ1v) is 7.97. The fourth-order valence-electron chi connectivity index (χ4n) is 2.31. The van der Waals surface area contributed by atoms with E-state index in [1.807, 2.05) is 49.4 Å². The third kappa shape index (κ3) is 4.92. The normalized spacial score (nSPS) is 10.4. The summed E-state index contributed by atoms with van der Waals surface area (Å²) in [6.45, 7) is 2.64. The molecule has 0 radical (unpaired) electrons. The standard InChI is InChI=1S/C19H20N4O2/c1-14-11-16(12-25-13-20-15-7-3-2-4-8-15)22-19(21-14)23-17-9-5-6-10-18(17)24/h2-11,20,24H,12-13H2,1H3,(H,21,22,23). The zero-order valence-electron chi connectivity index (χ0n) is 13.9. The van der Waals surface area contributed by atoms with Gasteiger partial charge in [0, 0.05) is 11.4 Å². The van der Waals surface area contributed by atoms with Gasteiger partial charge in [-0.05, 0) is 37.3 Å². The molecule has 1 aromatic heterocycles. The molecule has 1 heterocycles. The van der Waals surface area contributed by atoms with Crippen LogP contribution in [0.3, 0.4) is 0 Å². The Morgan fingerprint density at radius 2 is 1.76 bits per heavy atom. The van der Waals surface area contributed by atoms with Crippen molar-refractivity contribution in [2.45, 2.75) is 13.5 Å². The van der Waals surface area contributed by atoms with Crippen molar-refractivity contribution in [3.63, 3.8) is 0 Å². The van der Waals surface area contributed by atoms with Gasteiger partial charge in [-0.15, -0.1) is 0 Å². The fraction of sp³-hybridized carbons (Fsp3) is 0.158. The van der Waals surface area contributed by atoms with Crippen molar-refractivity contribution >= 4 is 17.3 Å². The number of aromatic nitrogens is 2. The van der Waals surface area contributed by atoms with Crippen LogP contribution in [0.15, 0.2) is 60.7 Å². The molecule has 128 valence electrons. The maximum Gasteiger partial charge on any atom is 0.227 e. The minimum Gasteiger partial charge on any atom is -0.506 e. The second-order valence-electron chi connectivity index (χ2n) is 5.50. The van der Waals surface area contributed by atoms with E-state index in [2.05, 4.69) is 20.6 Å². The van der Waals surface area contributed by atoms with E-state index in [1.165, 1.54) is 0 Å². The summed E-state index contributed by atoms with van der Waals surface area (Å²) in [6, 6.07) is 18.7. The average molecular weight is 336 g/mol. The molecule has 2 aromatic carbocycles. The molecule has 0 amide bonds. The minimum absolute atomic E-state index is 0.150.